The van der Waals surface area contributed by atoms with Gasteiger partial charge in [0, 0.05) is 12.4 Å². The molecule has 92 valence electrons. The Morgan fingerprint density at radius 1 is 1.00 bits per heavy atom. The summed E-state index contributed by atoms with van der Waals surface area (Å²) in [7, 11) is 0. The molecule has 0 fully saturated rings. The lowest BCUT2D eigenvalue weighted by Gasteiger charge is -2.25. The number of anilines is 1. The number of hydrogen-bond donors (Lipinski definition) is 1. The van der Waals surface area contributed by atoms with Crippen LogP contribution in [-0.2, 0) is 0 Å². The normalized spacial score (nSPS) is 18.1. The van der Waals surface area contributed by atoms with Gasteiger partial charge in [-0.05, 0) is 34.7 Å². The number of hydrogen-bond acceptors (Lipinski definition) is 4. The van der Waals surface area contributed by atoms with E-state index in [9.17, 15) is 0 Å². The number of benzene rings is 1. The first-order chi connectivity index (χ1) is 8.93. The lowest BCUT2D eigenvalue weighted by Crippen LogP contribution is -2.31. The second-order valence-corrected chi connectivity index (χ2v) is 3.91. The van der Waals surface area contributed by atoms with Gasteiger partial charge >= 0.3 is 0 Å². The lowest BCUT2D eigenvalue weighted by atomic mass is 10.3. The molecular weight excluding hydrogens is 228 g/mol. The average Bonchev–Trinajstić information content (AvgIpc) is 3.09. The van der Waals surface area contributed by atoms with Crippen LogP contribution in [0.5, 0.6) is 0 Å². The monoisotopic (exact) mass is 242 g/mol. The Kier molecular flexibility index (Phi) is 2.83. The molecule has 0 radical (unpaired) electrons. The Labute approximate surface area is 105 Å². The molecule has 1 aromatic carbocycles. The minimum Gasteiger partial charge on any atom is -0.288 e. The summed E-state index contributed by atoms with van der Waals surface area (Å²) in [6, 6.07) is 10.1. The average molecular weight is 242 g/mol. The van der Waals surface area contributed by atoms with Crippen molar-refractivity contribution >= 4 is 5.69 Å². The van der Waals surface area contributed by atoms with E-state index in [1.165, 1.54) is 0 Å². The molecule has 1 N–H and O–H groups in total. The Morgan fingerprint density at radius 2 is 1.89 bits per heavy atom. The Bertz CT molecular complexity index is 473. The Hall–Kier alpha value is -2.50. The molecule has 2 aliphatic heterocycles. The standard InChI is InChI=1S/C12H14N6/c1-2-6-12(7-3-1)16-9-5-11-18(16)15-14-17-10-4-8-13-17/h1-9,13H,10-11H2. The van der Waals surface area contributed by atoms with Gasteiger partial charge in [-0.3, -0.25) is 5.43 Å². The molecule has 0 atom stereocenters. The summed E-state index contributed by atoms with van der Waals surface area (Å²) >= 11 is 0. The van der Waals surface area contributed by atoms with Gasteiger partial charge in [0.05, 0.1) is 18.8 Å². The number of nitrogens with zero attached hydrogens (tertiary/aromatic N) is 5. The van der Waals surface area contributed by atoms with Crippen molar-refractivity contribution in [3.63, 3.8) is 0 Å². The first kappa shape index (κ1) is 10.6. The molecular formula is C12H14N6. The smallest absolute Gasteiger partial charge is 0.0807 e. The third kappa shape index (κ3) is 2.13. The van der Waals surface area contributed by atoms with E-state index in [0.717, 1.165) is 18.8 Å². The van der Waals surface area contributed by atoms with E-state index in [2.05, 4.69) is 15.9 Å². The quantitative estimate of drug-likeness (QED) is 0.822. The first-order valence-corrected chi connectivity index (χ1v) is 5.82. The van der Waals surface area contributed by atoms with Crippen molar-refractivity contribution < 1.29 is 0 Å². The third-order valence-electron chi connectivity index (χ3n) is 2.66. The SMILES string of the molecule is C1=CNN(N=NN2CC=CN2c2ccccc2)C1. The fraction of sp³-hybridized carbons (Fsp3) is 0.167. The topological polar surface area (TPSA) is 46.5 Å². The molecule has 0 aromatic heterocycles. The van der Waals surface area contributed by atoms with Crippen molar-refractivity contribution in [1.82, 2.24) is 15.7 Å². The number of rotatable bonds is 3. The maximum atomic E-state index is 4.21. The zero-order valence-corrected chi connectivity index (χ0v) is 9.85. The van der Waals surface area contributed by atoms with Crippen LogP contribution in [-0.4, -0.2) is 23.3 Å². The van der Waals surface area contributed by atoms with Crippen molar-refractivity contribution in [3.05, 3.63) is 54.9 Å². The predicted octanol–water partition coefficient (Wildman–Crippen LogP) is 1.85. The molecule has 2 heterocycles. The molecule has 0 saturated heterocycles. The fourth-order valence-corrected chi connectivity index (χ4v) is 1.79. The number of para-hydroxylation sites is 1. The summed E-state index contributed by atoms with van der Waals surface area (Å²) in [4.78, 5) is 0. The predicted molar refractivity (Wildman–Crippen MR) is 68.6 cm³/mol. The van der Waals surface area contributed by atoms with E-state index >= 15 is 0 Å². The van der Waals surface area contributed by atoms with Crippen LogP contribution in [0, 0.1) is 0 Å². The highest BCUT2D eigenvalue weighted by Gasteiger charge is 2.16. The van der Waals surface area contributed by atoms with Crippen LogP contribution >= 0.6 is 0 Å². The molecule has 0 unspecified atom stereocenters. The van der Waals surface area contributed by atoms with E-state index in [0.29, 0.717) is 0 Å². The summed E-state index contributed by atoms with van der Waals surface area (Å²) in [5.74, 6) is 0. The highest BCUT2D eigenvalue weighted by Crippen LogP contribution is 2.20. The van der Waals surface area contributed by atoms with Crippen molar-refractivity contribution in [2.45, 2.75) is 0 Å². The summed E-state index contributed by atoms with van der Waals surface area (Å²) in [5.41, 5.74) is 4.03. The molecule has 6 heteroatoms. The van der Waals surface area contributed by atoms with Gasteiger partial charge in [-0.2, -0.15) is 10.2 Å². The largest absolute Gasteiger partial charge is 0.288 e. The summed E-state index contributed by atoms with van der Waals surface area (Å²) in [5, 5.41) is 13.8. The van der Waals surface area contributed by atoms with E-state index in [1.807, 2.05) is 59.9 Å². The van der Waals surface area contributed by atoms with Crippen LogP contribution in [0.1, 0.15) is 0 Å². The third-order valence-corrected chi connectivity index (χ3v) is 2.66. The number of nitrogens with one attached hydrogen (secondary N) is 1. The number of hydrazine groups is 2. The lowest BCUT2D eigenvalue weighted by molar-refractivity contribution is 0.205. The van der Waals surface area contributed by atoms with Crippen LogP contribution in [0.25, 0.3) is 0 Å². The van der Waals surface area contributed by atoms with E-state index < -0.39 is 0 Å². The summed E-state index contributed by atoms with van der Waals surface area (Å²) in [6.07, 6.45) is 7.86. The molecule has 1 aromatic rings. The molecule has 2 aliphatic rings. The van der Waals surface area contributed by atoms with Crippen LogP contribution in [0.2, 0.25) is 0 Å². The molecule has 0 spiro atoms. The van der Waals surface area contributed by atoms with Gasteiger partial charge in [0.15, 0.2) is 0 Å². The van der Waals surface area contributed by atoms with Crippen molar-refractivity contribution in [3.8, 4) is 0 Å². The van der Waals surface area contributed by atoms with E-state index in [4.69, 9.17) is 0 Å². The second kappa shape index (κ2) is 4.79. The molecule has 18 heavy (non-hydrogen) atoms. The second-order valence-electron chi connectivity index (χ2n) is 3.91. The van der Waals surface area contributed by atoms with Gasteiger partial charge in [-0.15, -0.1) is 0 Å². The van der Waals surface area contributed by atoms with Gasteiger partial charge < -0.3 is 0 Å². The Balaban J connectivity index is 1.69. The fourth-order valence-electron chi connectivity index (χ4n) is 1.79. The zero-order valence-electron chi connectivity index (χ0n) is 9.85. The molecule has 0 aliphatic carbocycles. The molecule has 0 amide bonds. The molecule has 3 rings (SSSR count). The van der Waals surface area contributed by atoms with E-state index in [1.54, 1.807) is 10.2 Å². The van der Waals surface area contributed by atoms with Gasteiger partial charge in [0.2, 0.25) is 0 Å². The van der Waals surface area contributed by atoms with Crippen LogP contribution < -0.4 is 10.4 Å². The Morgan fingerprint density at radius 3 is 2.67 bits per heavy atom. The maximum Gasteiger partial charge on any atom is 0.0807 e. The van der Waals surface area contributed by atoms with Gasteiger partial charge in [-0.25, -0.2) is 5.01 Å². The zero-order chi connectivity index (χ0) is 12.2. The summed E-state index contributed by atoms with van der Waals surface area (Å²) < 4.78 is 0. The van der Waals surface area contributed by atoms with E-state index in [-0.39, 0.29) is 0 Å². The van der Waals surface area contributed by atoms with Crippen molar-refractivity contribution in [2.75, 3.05) is 18.1 Å². The van der Waals surface area contributed by atoms with Gasteiger partial charge in [-0.1, -0.05) is 18.2 Å². The molecule has 0 bridgehead atoms. The van der Waals surface area contributed by atoms with Crippen LogP contribution in [0.3, 0.4) is 0 Å². The maximum absolute atomic E-state index is 4.21. The minimum absolute atomic E-state index is 0.722. The van der Waals surface area contributed by atoms with Crippen LogP contribution in [0.15, 0.2) is 65.3 Å². The van der Waals surface area contributed by atoms with Crippen LogP contribution in [0.4, 0.5) is 5.69 Å². The van der Waals surface area contributed by atoms with Gasteiger partial charge in [0.25, 0.3) is 0 Å². The van der Waals surface area contributed by atoms with Gasteiger partial charge in [0.1, 0.15) is 0 Å². The van der Waals surface area contributed by atoms with Crippen molar-refractivity contribution in [2.24, 2.45) is 10.4 Å². The highest BCUT2D eigenvalue weighted by molar-refractivity contribution is 5.48. The highest BCUT2D eigenvalue weighted by atomic mass is 15.9. The molecule has 6 nitrogen and oxygen atoms in total. The first-order valence-electron chi connectivity index (χ1n) is 5.82. The van der Waals surface area contributed by atoms with Crippen molar-refractivity contribution in [1.29, 1.82) is 0 Å². The molecule has 0 saturated carbocycles. The minimum atomic E-state index is 0.722. The summed E-state index contributed by atoms with van der Waals surface area (Å²) in [6.45, 7) is 1.45.